The van der Waals surface area contributed by atoms with Crippen LogP contribution in [0.5, 0.6) is 0 Å². The summed E-state index contributed by atoms with van der Waals surface area (Å²) in [5.74, 6) is 1.53. The summed E-state index contributed by atoms with van der Waals surface area (Å²) in [4.78, 5) is 0. The molecule has 0 fully saturated rings. The molecule has 18 heavy (non-hydrogen) atoms. The monoisotopic (exact) mass is 246 g/mol. The SMILES string of the molecule is C=Cc1c(N)cccc1NCCC(CC)C(C)C. The Hall–Kier alpha value is -1.44. The van der Waals surface area contributed by atoms with Crippen molar-refractivity contribution in [2.24, 2.45) is 11.8 Å². The van der Waals surface area contributed by atoms with Crippen molar-refractivity contribution in [1.29, 1.82) is 0 Å². The fourth-order valence-corrected chi connectivity index (χ4v) is 2.37. The van der Waals surface area contributed by atoms with E-state index < -0.39 is 0 Å². The van der Waals surface area contributed by atoms with Crippen molar-refractivity contribution < 1.29 is 0 Å². The van der Waals surface area contributed by atoms with Crippen LogP contribution in [0.3, 0.4) is 0 Å². The molecule has 1 unspecified atom stereocenters. The second-order valence-electron chi connectivity index (χ2n) is 5.14. The molecule has 0 heterocycles. The number of rotatable bonds is 7. The molecule has 0 aliphatic rings. The highest BCUT2D eigenvalue weighted by molar-refractivity contribution is 5.76. The van der Waals surface area contributed by atoms with E-state index in [1.54, 1.807) is 0 Å². The lowest BCUT2D eigenvalue weighted by Gasteiger charge is -2.20. The molecule has 2 nitrogen and oxygen atoms in total. The van der Waals surface area contributed by atoms with Gasteiger partial charge in [0.15, 0.2) is 0 Å². The van der Waals surface area contributed by atoms with Crippen LogP contribution in [0.4, 0.5) is 11.4 Å². The molecule has 1 aromatic carbocycles. The zero-order valence-electron chi connectivity index (χ0n) is 11.9. The summed E-state index contributed by atoms with van der Waals surface area (Å²) in [6, 6.07) is 5.94. The van der Waals surface area contributed by atoms with Gasteiger partial charge in [-0.1, -0.05) is 45.9 Å². The lowest BCUT2D eigenvalue weighted by molar-refractivity contribution is 0.357. The summed E-state index contributed by atoms with van der Waals surface area (Å²) in [5, 5.41) is 3.47. The molecule has 100 valence electrons. The molecule has 0 bridgehead atoms. The summed E-state index contributed by atoms with van der Waals surface area (Å²) >= 11 is 0. The molecular formula is C16H26N2. The second kappa shape index (κ2) is 7.10. The zero-order valence-corrected chi connectivity index (χ0v) is 11.9. The predicted octanol–water partition coefficient (Wildman–Crippen LogP) is 4.40. The van der Waals surface area contributed by atoms with Gasteiger partial charge < -0.3 is 11.1 Å². The Kier molecular flexibility index (Phi) is 5.76. The lowest BCUT2D eigenvalue weighted by Crippen LogP contribution is -2.14. The topological polar surface area (TPSA) is 38.0 Å². The Morgan fingerprint density at radius 2 is 2.11 bits per heavy atom. The minimum Gasteiger partial charge on any atom is -0.398 e. The average Bonchev–Trinajstić information content (AvgIpc) is 2.34. The van der Waals surface area contributed by atoms with Crippen molar-refractivity contribution in [3.05, 3.63) is 30.3 Å². The minimum atomic E-state index is 0.747. The van der Waals surface area contributed by atoms with Gasteiger partial charge in [0.05, 0.1) is 0 Å². The van der Waals surface area contributed by atoms with E-state index in [9.17, 15) is 0 Å². The van der Waals surface area contributed by atoms with Gasteiger partial charge in [-0.2, -0.15) is 0 Å². The van der Waals surface area contributed by atoms with Crippen molar-refractivity contribution in [3.8, 4) is 0 Å². The average molecular weight is 246 g/mol. The Morgan fingerprint density at radius 1 is 1.39 bits per heavy atom. The number of nitrogens with two attached hydrogens (primary N) is 1. The van der Waals surface area contributed by atoms with Crippen molar-refractivity contribution in [3.63, 3.8) is 0 Å². The third-order valence-electron chi connectivity index (χ3n) is 3.64. The van der Waals surface area contributed by atoms with Crippen LogP contribution in [0, 0.1) is 11.8 Å². The fraction of sp³-hybridized carbons (Fsp3) is 0.500. The Labute approximate surface area is 111 Å². The van der Waals surface area contributed by atoms with Gasteiger partial charge in [-0.05, 0) is 30.4 Å². The van der Waals surface area contributed by atoms with Crippen LogP contribution in [-0.4, -0.2) is 6.54 Å². The number of benzene rings is 1. The summed E-state index contributed by atoms with van der Waals surface area (Å²) in [6.07, 6.45) is 4.25. The fourth-order valence-electron chi connectivity index (χ4n) is 2.37. The Morgan fingerprint density at radius 3 is 2.67 bits per heavy atom. The van der Waals surface area contributed by atoms with E-state index >= 15 is 0 Å². The number of anilines is 2. The molecular weight excluding hydrogens is 220 g/mol. The molecule has 0 aliphatic heterocycles. The van der Waals surface area contributed by atoms with E-state index in [4.69, 9.17) is 5.73 Å². The van der Waals surface area contributed by atoms with Gasteiger partial charge in [0.1, 0.15) is 0 Å². The smallest absolute Gasteiger partial charge is 0.0434 e. The van der Waals surface area contributed by atoms with Crippen molar-refractivity contribution >= 4 is 17.5 Å². The molecule has 0 amide bonds. The van der Waals surface area contributed by atoms with Gasteiger partial charge in [0.25, 0.3) is 0 Å². The zero-order chi connectivity index (χ0) is 13.5. The van der Waals surface area contributed by atoms with E-state index in [2.05, 4.69) is 38.7 Å². The maximum Gasteiger partial charge on any atom is 0.0434 e. The second-order valence-corrected chi connectivity index (χ2v) is 5.14. The van der Waals surface area contributed by atoms with Crippen LogP contribution in [0.25, 0.3) is 6.08 Å². The molecule has 1 rings (SSSR count). The summed E-state index contributed by atoms with van der Waals surface area (Å²) in [7, 11) is 0. The number of hydrogen-bond acceptors (Lipinski definition) is 2. The van der Waals surface area contributed by atoms with Crippen LogP contribution < -0.4 is 11.1 Å². The lowest BCUT2D eigenvalue weighted by atomic mass is 9.90. The van der Waals surface area contributed by atoms with Gasteiger partial charge in [-0.25, -0.2) is 0 Å². The van der Waals surface area contributed by atoms with Crippen LogP contribution in [-0.2, 0) is 0 Å². The third kappa shape index (κ3) is 3.80. The predicted molar refractivity (Wildman–Crippen MR) is 82.7 cm³/mol. The molecule has 1 aromatic rings. The van der Waals surface area contributed by atoms with Gasteiger partial charge in [0, 0.05) is 23.5 Å². The minimum absolute atomic E-state index is 0.747. The summed E-state index contributed by atoms with van der Waals surface area (Å²) < 4.78 is 0. The molecule has 1 atom stereocenters. The van der Waals surface area contributed by atoms with Gasteiger partial charge in [-0.3, -0.25) is 0 Å². The van der Waals surface area contributed by atoms with Crippen LogP contribution in [0.15, 0.2) is 24.8 Å². The molecule has 3 N–H and O–H groups in total. The van der Waals surface area contributed by atoms with Gasteiger partial charge in [-0.15, -0.1) is 0 Å². The number of nitrogens with one attached hydrogen (secondary N) is 1. The van der Waals surface area contributed by atoms with Crippen LogP contribution in [0.1, 0.15) is 39.2 Å². The van der Waals surface area contributed by atoms with Gasteiger partial charge in [0.2, 0.25) is 0 Å². The number of hydrogen-bond donors (Lipinski definition) is 2. The highest BCUT2D eigenvalue weighted by Crippen LogP contribution is 2.24. The molecule has 0 spiro atoms. The molecule has 0 aromatic heterocycles. The normalized spacial score (nSPS) is 12.4. The van der Waals surface area contributed by atoms with Crippen LogP contribution in [0.2, 0.25) is 0 Å². The molecule has 0 saturated carbocycles. The molecule has 0 saturated heterocycles. The molecule has 0 aliphatic carbocycles. The first-order chi connectivity index (χ1) is 8.60. The van der Waals surface area contributed by atoms with Gasteiger partial charge >= 0.3 is 0 Å². The van der Waals surface area contributed by atoms with Crippen molar-refractivity contribution in [1.82, 2.24) is 0 Å². The Balaban J connectivity index is 2.59. The van der Waals surface area contributed by atoms with E-state index in [0.29, 0.717) is 0 Å². The first kappa shape index (κ1) is 14.6. The number of nitrogen functional groups attached to an aromatic ring is 1. The van der Waals surface area contributed by atoms with Crippen LogP contribution >= 0.6 is 0 Å². The summed E-state index contributed by atoms with van der Waals surface area (Å²) in [5.41, 5.74) is 8.81. The van der Waals surface area contributed by atoms with E-state index in [1.165, 1.54) is 12.8 Å². The molecule has 2 heteroatoms. The van der Waals surface area contributed by atoms with Crippen molar-refractivity contribution in [2.45, 2.75) is 33.6 Å². The largest absolute Gasteiger partial charge is 0.398 e. The first-order valence-electron chi connectivity index (χ1n) is 6.84. The third-order valence-corrected chi connectivity index (χ3v) is 3.64. The summed E-state index contributed by atoms with van der Waals surface area (Å²) in [6.45, 7) is 11.7. The van der Waals surface area contributed by atoms with Crippen molar-refractivity contribution in [2.75, 3.05) is 17.6 Å². The molecule has 0 radical (unpaired) electrons. The maximum atomic E-state index is 5.93. The first-order valence-corrected chi connectivity index (χ1v) is 6.84. The quantitative estimate of drug-likeness (QED) is 0.700. The standard InChI is InChI=1S/C16H26N2/c1-5-13(12(3)4)10-11-18-16-9-7-8-15(17)14(16)6-2/h6-9,12-13,18H,2,5,10-11,17H2,1,3-4H3. The maximum absolute atomic E-state index is 5.93. The Bertz CT molecular complexity index is 383. The van der Waals surface area contributed by atoms with E-state index in [1.807, 2.05) is 18.2 Å². The van der Waals surface area contributed by atoms with E-state index in [0.717, 1.165) is 35.3 Å². The van der Waals surface area contributed by atoms with E-state index in [-0.39, 0.29) is 0 Å². The highest BCUT2D eigenvalue weighted by Gasteiger charge is 2.10. The highest BCUT2D eigenvalue weighted by atomic mass is 14.9.